The zero-order chi connectivity index (χ0) is 25.5. The Kier molecular flexibility index (Phi) is 6.42. The number of hydrogen-bond donors (Lipinski definition) is 1. The standard InChI is InChI=1S/C21H15F6N5O2S/c1-10-19(35-18(30-10)17(28)21(25,26)27)34-16-6-5-11(7-15(16)24)32-20(33)31(9-29-32)8-12-13(22)3-2-4-14(12)23/h2-7,9,17H,8,28H2,1H3. The molecule has 0 radical (unpaired) electrons. The fourth-order valence-electron chi connectivity index (χ4n) is 3.05. The van der Waals surface area contributed by atoms with Crippen LogP contribution in [0.1, 0.15) is 22.3 Å². The summed E-state index contributed by atoms with van der Waals surface area (Å²) in [5, 5.41) is 3.32. The predicted molar refractivity (Wildman–Crippen MR) is 113 cm³/mol. The summed E-state index contributed by atoms with van der Waals surface area (Å²) >= 11 is 0.530. The smallest absolute Gasteiger partial charge is 0.410 e. The molecular weight excluding hydrogens is 500 g/mol. The van der Waals surface area contributed by atoms with Crippen molar-refractivity contribution in [2.45, 2.75) is 25.7 Å². The molecule has 0 saturated heterocycles. The van der Waals surface area contributed by atoms with E-state index < -0.39 is 46.9 Å². The summed E-state index contributed by atoms with van der Waals surface area (Å²) in [5.41, 5.74) is 4.09. The lowest BCUT2D eigenvalue weighted by atomic mass is 10.2. The molecule has 0 aliphatic carbocycles. The van der Waals surface area contributed by atoms with E-state index in [1.54, 1.807) is 0 Å². The summed E-state index contributed by atoms with van der Waals surface area (Å²) in [5.74, 6) is -2.96. The van der Waals surface area contributed by atoms with Gasteiger partial charge in [0, 0.05) is 11.6 Å². The summed E-state index contributed by atoms with van der Waals surface area (Å²) in [6, 6.07) is 4.31. The van der Waals surface area contributed by atoms with Crippen molar-refractivity contribution >= 4 is 11.3 Å². The summed E-state index contributed by atoms with van der Waals surface area (Å²) in [7, 11) is 0. The fourth-order valence-corrected chi connectivity index (χ4v) is 4.01. The lowest BCUT2D eigenvalue weighted by molar-refractivity contribution is -0.149. The minimum atomic E-state index is -4.71. The molecule has 0 amide bonds. The highest BCUT2D eigenvalue weighted by atomic mass is 32.1. The number of nitrogens with zero attached hydrogens (tertiary/aromatic N) is 4. The first-order valence-electron chi connectivity index (χ1n) is 9.80. The largest absolute Gasteiger partial charge is 0.442 e. The van der Waals surface area contributed by atoms with Gasteiger partial charge < -0.3 is 10.5 Å². The minimum absolute atomic E-state index is 0.0200. The molecule has 4 aromatic rings. The highest BCUT2D eigenvalue weighted by molar-refractivity contribution is 7.13. The van der Waals surface area contributed by atoms with Gasteiger partial charge >= 0.3 is 11.9 Å². The van der Waals surface area contributed by atoms with E-state index in [0.717, 1.165) is 39.8 Å². The topological polar surface area (TPSA) is 88.0 Å². The van der Waals surface area contributed by atoms with Crippen LogP contribution in [0.2, 0.25) is 0 Å². The number of aromatic nitrogens is 4. The van der Waals surface area contributed by atoms with Crippen molar-refractivity contribution in [3.63, 3.8) is 0 Å². The Labute approximate surface area is 197 Å². The molecule has 2 N–H and O–H groups in total. The Bertz CT molecular complexity index is 1420. The Hall–Kier alpha value is -3.65. The minimum Gasteiger partial charge on any atom is -0.442 e. The van der Waals surface area contributed by atoms with Gasteiger partial charge in [0.2, 0.25) is 5.06 Å². The zero-order valence-corrected chi connectivity index (χ0v) is 18.5. The maximum Gasteiger partial charge on any atom is 0.410 e. The number of benzene rings is 2. The number of alkyl halides is 3. The van der Waals surface area contributed by atoms with Crippen LogP contribution in [-0.2, 0) is 6.54 Å². The van der Waals surface area contributed by atoms with Gasteiger partial charge in [-0.3, -0.25) is 4.57 Å². The van der Waals surface area contributed by atoms with Crippen LogP contribution >= 0.6 is 11.3 Å². The second-order valence-corrected chi connectivity index (χ2v) is 8.31. The second-order valence-electron chi connectivity index (χ2n) is 7.31. The van der Waals surface area contributed by atoms with E-state index >= 15 is 0 Å². The van der Waals surface area contributed by atoms with E-state index in [9.17, 15) is 31.1 Å². The van der Waals surface area contributed by atoms with Crippen LogP contribution < -0.4 is 16.2 Å². The van der Waals surface area contributed by atoms with Crippen LogP contribution in [0.5, 0.6) is 10.8 Å². The molecule has 0 bridgehead atoms. The molecule has 0 saturated carbocycles. The van der Waals surface area contributed by atoms with E-state index in [4.69, 9.17) is 10.5 Å². The van der Waals surface area contributed by atoms with Gasteiger partial charge in [0.25, 0.3) is 0 Å². The summed E-state index contributed by atoms with van der Waals surface area (Å²) in [6.07, 6.45) is -3.66. The molecule has 0 spiro atoms. The van der Waals surface area contributed by atoms with Crippen LogP contribution in [0, 0.1) is 24.4 Å². The van der Waals surface area contributed by atoms with E-state index in [0.29, 0.717) is 11.3 Å². The molecule has 4 rings (SSSR count). The first kappa shape index (κ1) is 24.5. The van der Waals surface area contributed by atoms with E-state index in [2.05, 4.69) is 10.1 Å². The van der Waals surface area contributed by atoms with Crippen LogP contribution in [-0.4, -0.2) is 25.5 Å². The van der Waals surface area contributed by atoms with Crippen molar-refractivity contribution in [3.05, 3.63) is 86.9 Å². The molecular formula is C21H15F6N5O2S. The Balaban J connectivity index is 1.57. The number of aryl methyl sites for hydroxylation is 1. The number of nitrogens with two attached hydrogens (primary N) is 1. The average molecular weight is 515 g/mol. The predicted octanol–water partition coefficient (Wildman–Crippen LogP) is 4.62. The van der Waals surface area contributed by atoms with Crippen molar-refractivity contribution in [1.29, 1.82) is 0 Å². The fraction of sp³-hybridized carbons (Fsp3) is 0.190. The maximum atomic E-state index is 14.7. The van der Waals surface area contributed by atoms with Gasteiger partial charge in [-0.05, 0) is 31.2 Å². The lowest BCUT2D eigenvalue weighted by Gasteiger charge is -2.11. The number of thiazole rings is 1. The maximum absolute atomic E-state index is 14.7. The van der Waals surface area contributed by atoms with E-state index in [1.807, 2.05) is 0 Å². The van der Waals surface area contributed by atoms with Gasteiger partial charge in [-0.25, -0.2) is 22.9 Å². The third-order valence-electron chi connectivity index (χ3n) is 4.88. The van der Waals surface area contributed by atoms with Crippen LogP contribution in [0.3, 0.4) is 0 Å². The third kappa shape index (κ3) is 4.93. The van der Waals surface area contributed by atoms with Gasteiger partial charge in [-0.1, -0.05) is 17.4 Å². The van der Waals surface area contributed by atoms with Crippen molar-refractivity contribution < 1.29 is 31.1 Å². The molecule has 7 nitrogen and oxygen atoms in total. The van der Waals surface area contributed by atoms with Gasteiger partial charge in [0.15, 0.2) is 17.6 Å². The molecule has 1 atom stereocenters. The van der Waals surface area contributed by atoms with Gasteiger partial charge in [-0.15, -0.1) is 0 Å². The number of halogens is 6. The first-order chi connectivity index (χ1) is 16.5. The van der Waals surface area contributed by atoms with Crippen LogP contribution in [0.25, 0.3) is 5.69 Å². The molecule has 2 aromatic heterocycles. The molecule has 0 fully saturated rings. The molecule has 2 aromatic carbocycles. The van der Waals surface area contributed by atoms with Crippen LogP contribution in [0.4, 0.5) is 26.3 Å². The summed E-state index contributed by atoms with van der Waals surface area (Å²) in [6.45, 7) is 0.948. The van der Waals surface area contributed by atoms with Crippen molar-refractivity contribution in [1.82, 2.24) is 19.3 Å². The molecule has 2 heterocycles. The quantitative estimate of drug-likeness (QED) is 0.379. The first-order valence-corrected chi connectivity index (χ1v) is 10.6. The van der Waals surface area contributed by atoms with Gasteiger partial charge in [0.05, 0.1) is 17.9 Å². The Morgan fingerprint density at radius 3 is 2.43 bits per heavy atom. The lowest BCUT2D eigenvalue weighted by Crippen LogP contribution is -2.28. The molecule has 0 aliphatic rings. The Morgan fingerprint density at radius 1 is 1.11 bits per heavy atom. The highest BCUT2D eigenvalue weighted by Gasteiger charge is 2.40. The second kappa shape index (κ2) is 9.19. The van der Waals surface area contributed by atoms with Crippen LogP contribution in [0.15, 0.2) is 47.5 Å². The summed E-state index contributed by atoms with van der Waals surface area (Å²) < 4.78 is 88.1. The monoisotopic (exact) mass is 515 g/mol. The average Bonchev–Trinajstić information content (AvgIpc) is 3.33. The number of hydrogen-bond acceptors (Lipinski definition) is 6. The van der Waals surface area contributed by atoms with Crippen molar-refractivity contribution in [2.24, 2.45) is 5.73 Å². The van der Waals surface area contributed by atoms with E-state index in [1.165, 1.54) is 19.1 Å². The molecule has 14 heteroatoms. The molecule has 35 heavy (non-hydrogen) atoms. The van der Waals surface area contributed by atoms with Crippen molar-refractivity contribution in [2.75, 3.05) is 0 Å². The molecule has 0 aliphatic heterocycles. The van der Waals surface area contributed by atoms with Gasteiger partial charge in [-0.2, -0.15) is 23.0 Å². The van der Waals surface area contributed by atoms with Gasteiger partial charge in [0.1, 0.15) is 23.0 Å². The highest BCUT2D eigenvalue weighted by Crippen LogP contribution is 2.39. The zero-order valence-electron chi connectivity index (χ0n) is 17.7. The molecule has 1 unspecified atom stereocenters. The van der Waals surface area contributed by atoms with Crippen molar-refractivity contribution in [3.8, 4) is 16.5 Å². The molecule has 184 valence electrons. The Morgan fingerprint density at radius 2 is 1.80 bits per heavy atom. The number of ether oxygens (including phenoxy) is 1. The normalized spacial score (nSPS) is 12.7. The third-order valence-corrected chi connectivity index (χ3v) is 5.99. The SMILES string of the molecule is Cc1nc(C(N)C(F)(F)F)sc1Oc1ccc(-n2ncn(Cc3c(F)cccc3F)c2=O)cc1F. The number of rotatable bonds is 6. The van der Waals surface area contributed by atoms with E-state index in [-0.39, 0.29) is 27.8 Å². The summed E-state index contributed by atoms with van der Waals surface area (Å²) in [4.78, 5) is 16.4.